The number of nitrogens with one attached hydrogen (secondary N) is 2. The molecular weight excluding hydrogens is 364 g/mol. The summed E-state index contributed by atoms with van der Waals surface area (Å²) in [5, 5.41) is 43.3. The third-order valence-corrected chi connectivity index (χ3v) is 3.84. The summed E-state index contributed by atoms with van der Waals surface area (Å²) >= 11 is 0. The lowest BCUT2D eigenvalue weighted by Gasteiger charge is -2.42. The molecule has 11 heteroatoms. The minimum Gasteiger partial charge on any atom is -0.395 e. The second-order valence-electron chi connectivity index (χ2n) is 6.00. The summed E-state index contributed by atoms with van der Waals surface area (Å²) in [7, 11) is 0. The first kappa shape index (κ1) is 24.1. The van der Waals surface area contributed by atoms with Gasteiger partial charge in [-0.2, -0.15) is 0 Å². The van der Waals surface area contributed by atoms with E-state index in [1.807, 2.05) is 0 Å². The molecule has 0 aromatic carbocycles. The molecule has 0 saturated carbocycles. The molecule has 1 aliphatic rings. The highest BCUT2D eigenvalue weighted by molar-refractivity contribution is 5.73. The van der Waals surface area contributed by atoms with Crippen molar-refractivity contribution < 1.29 is 44.2 Å². The molecule has 0 aromatic rings. The van der Waals surface area contributed by atoms with Crippen LogP contribution >= 0.6 is 0 Å². The van der Waals surface area contributed by atoms with Crippen molar-refractivity contribution in [1.29, 1.82) is 0 Å². The van der Waals surface area contributed by atoms with E-state index in [4.69, 9.17) is 24.1 Å². The second-order valence-corrected chi connectivity index (χ2v) is 6.00. The average Bonchev–Trinajstić information content (AvgIpc) is 2.64. The van der Waals surface area contributed by atoms with Gasteiger partial charge < -0.3 is 50.0 Å². The molecule has 0 aromatic heterocycles. The number of carbonyl (C=O) groups is 1. The summed E-state index contributed by atoms with van der Waals surface area (Å²) < 4.78 is 21.6. The van der Waals surface area contributed by atoms with Crippen LogP contribution in [0.2, 0.25) is 0 Å². The van der Waals surface area contributed by atoms with Crippen LogP contribution in [0.5, 0.6) is 0 Å². The zero-order chi connectivity index (χ0) is 20.1. The Kier molecular flexibility index (Phi) is 12.7. The number of hydrogen-bond donors (Lipinski definition) is 6. The normalized spacial score (nSPS) is 28.3. The molecule has 1 amide bonds. The van der Waals surface area contributed by atoms with Crippen LogP contribution in [0.1, 0.15) is 6.92 Å². The van der Waals surface area contributed by atoms with Crippen LogP contribution in [0.25, 0.3) is 0 Å². The summed E-state index contributed by atoms with van der Waals surface area (Å²) in [6, 6.07) is -0.963. The molecule has 3 unspecified atom stereocenters. The SMILES string of the molecule is CC(=O)NC1C(O)[C@@H](O)C(CO)O[C@H]1OCCOCCOCCNCCO. The maximum absolute atomic E-state index is 11.3. The van der Waals surface area contributed by atoms with Crippen molar-refractivity contribution in [3.63, 3.8) is 0 Å². The highest BCUT2D eigenvalue weighted by atomic mass is 16.7. The standard InChI is InChI=1S/C16H32N2O9/c1-11(21)18-13-15(23)14(22)12(10-20)27-16(13)26-9-8-25-7-6-24-5-3-17-2-4-19/h12-17,19-20,22-23H,2-10H2,1H3,(H,18,21)/t12?,13?,14-,15?,16+/m0/s1. The number of hydrogen-bond acceptors (Lipinski definition) is 10. The van der Waals surface area contributed by atoms with Crippen molar-refractivity contribution in [3.05, 3.63) is 0 Å². The zero-order valence-electron chi connectivity index (χ0n) is 15.6. The first-order valence-corrected chi connectivity index (χ1v) is 8.99. The lowest BCUT2D eigenvalue weighted by Crippen LogP contribution is -2.64. The number of carbonyl (C=O) groups excluding carboxylic acids is 1. The maximum Gasteiger partial charge on any atom is 0.217 e. The fraction of sp³-hybridized carbons (Fsp3) is 0.938. The second kappa shape index (κ2) is 14.2. The summed E-state index contributed by atoms with van der Waals surface area (Å²) in [5.74, 6) is -0.409. The third-order valence-electron chi connectivity index (χ3n) is 3.84. The van der Waals surface area contributed by atoms with Gasteiger partial charge in [0.05, 0.1) is 46.2 Å². The fourth-order valence-corrected chi connectivity index (χ4v) is 2.51. The number of aliphatic hydroxyl groups excluding tert-OH is 4. The van der Waals surface area contributed by atoms with Gasteiger partial charge >= 0.3 is 0 Å². The number of amides is 1. The predicted octanol–water partition coefficient (Wildman–Crippen LogP) is -3.44. The highest BCUT2D eigenvalue weighted by Gasteiger charge is 2.45. The maximum atomic E-state index is 11.3. The Balaban J connectivity index is 2.23. The van der Waals surface area contributed by atoms with Gasteiger partial charge in [-0.3, -0.25) is 4.79 Å². The Labute approximate surface area is 158 Å². The number of aliphatic hydroxyl groups is 4. The smallest absolute Gasteiger partial charge is 0.217 e. The van der Waals surface area contributed by atoms with E-state index in [-0.39, 0.29) is 19.8 Å². The van der Waals surface area contributed by atoms with E-state index in [9.17, 15) is 20.1 Å². The van der Waals surface area contributed by atoms with Crippen LogP contribution in [0, 0.1) is 0 Å². The molecule has 1 rings (SSSR count). The molecule has 1 fully saturated rings. The monoisotopic (exact) mass is 396 g/mol. The number of rotatable bonds is 14. The summed E-state index contributed by atoms with van der Waals surface area (Å²) in [5.41, 5.74) is 0. The Morgan fingerprint density at radius 1 is 1.00 bits per heavy atom. The molecule has 27 heavy (non-hydrogen) atoms. The summed E-state index contributed by atoms with van der Waals surface area (Å²) in [6.07, 6.45) is -4.71. The molecule has 6 N–H and O–H groups in total. The van der Waals surface area contributed by atoms with Crippen LogP contribution in [0.4, 0.5) is 0 Å². The first-order chi connectivity index (χ1) is 13.0. The largest absolute Gasteiger partial charge is 0.395 e. The lowest BCUT2D eigenvalue weighted by molar-refractivity contribution is -0.272. The minimum absolute atomic E-state index is 0.0889. The van der Waals surface area contributed by atoms with E-state index < -0.39 is 43.2 Å². The Morgan fingerprint density at radius 2 is 1.67 bits per heavy atom. The van der Waals surface area contributed by atoms with Gasteiger partial charge in [0.2, 0.25) is 5.91 Å². The van der Waals surface area contributed by atoms with Gasteiger partial charge in [0.15, 0.2) is 6.29 Å². The molecule has 1 saturated heterocycles. The number of ether oxygens (including phenoxy) is 4. The molecule has 1 aliphatic heterocycles. The van der Waals surface area contributed by atoms with E-state index in [2.05, 4.69) is 10.6 Å². The van der Waals surface area contributed by atoms with Crippen molar-refractivity contribution in [2.45, 2.75) is 37.6 Å². The summed E-state index contributed by atoms with van der Waals surface area (Å²) in [6.45, 7) is 3.69. The molecule has 5 atom stereocenters. The van der Waals surface area contributed by atoms with Crippen LogP contribution in [0.3, 0.4) is 0 Å². The molecular formula is C16H32N2O9. The van der Waals surface area contributed by atoms with Gasteiger partial charge in [0.1, 0.15) is 24.4 Å². The van der Waals surface area contributed by atoms with Gasteiger partial charge in [0.25, 0.3) is 0 Å². The zero-order valence-corrected chi connectivity index (χ0v) is 15.6. The molecule has 0 aliphatic carbocycles. The van der Waals surface area contributed by atoms with Gasteiger partial charge in [-0.05, 0) is 0 Å². The van der Waals surface area contributed by atoms with E-state index >= 15 is 0 Å². The Hall–Kier alpha value is -0.890. The molecule has 0 spiro atoms. The average molecular weight is 396 g/mol. The van der Waals surface area contributed by atoms with Crippen molar-refractivity contribution in [1.82, 2.24) is 10.6 Å². The Bertz CT molecular complexity index is 402. The van der Waals surface area contributed by atoms with Crippen LogP contribution in [-0.4, -0.2) is 116 Å². The molecule has 1 heterocycles. The third kappa shape index (κ3) is 9.23. The van der Waals surface area contributed by atoms with E-state index in [1.165, 1.54) is 6.92 Å². The van der Waals surface area contributed by atoms with Gasteiger partial charge in [-0.25, -0.2) is 0 Å². The Morgan fingerprint density at radius 3 is 2.30 bits per heavy atom. The fourth-order valence-electron chi connectivity index (χ4n) is 2.51. The highest BCUT2D eigenvalue weighted by Crippen LogP contribution is 2.22. The van der Waals surface area contributed by atoms with E-state index in [1.54, 1.807) is 0 Å². The lowest BCUT2D eigenvalue weighted by atomic mass is 9.97. The van der Waals surface area contributed by atoms with Crippen LogP contribution in [-0.2, 0) is 23.7 Å². The van der Waals surface area contributed by atoms with Crippen molar-refractivity contribution >= 4 is 5.91 Å². The quantitative estimate of drug-likeness (QED) is 0.163. The summed E-state index contributed by atoms with van der Waals surface area (Å²) in [4.78, 5) is 11.3. The first-order valence-electron chi connectivity index (χ1n) is 8.99. The van der Waals surface area contributed by atoms with Crippen LogP contribution in [0.15, 0.2) is 0 Å². The molecule has 160 valence electrons. The van der Waals surface area contributed by atoms with Gasteiger partial charge in [0, 0.05) is 20.0 Å². The predicted molar refractivity (Wildman–Crippen MR) is 92.9 cm³/mol. The topological polar surface area (TPSA) is 159 Å². The van der Waals surface area contributed by atoms with Crippen molar-refractivity contribution in [2.75, 3.05) is 59.3 Å². The van der Waals surface area contributed by atoms with Crippen LogP contribution < -0.4 is 10.6 Å². The molecule has 0 radical (unpaired) electrons. The van der Waals surface area contributed by atoms with E-state index in [0.717, 1.165) is 0 Å². The van der Waals surface area contributed by atoms with Crippen molar-refractivity contribution in [2.24, 2.45) is 0 Å². The minimum atomic E-state index is -1.34. The van der Waals surface area contributed by atoms with Gasteiger partial charge in [-0.15, -0.1) is 0 Å². The molecule has 0 bridgehead atoms. The van der Waals surface area contributed by atoms with Crippen molar-refractivity contribution in [3.8, 4) is 0 Å². The van der Waals surface area contributed by atoms with Gasteiger partial charge in [-0.1, -0.05) is 0 Å². The molecule has 11 nitrogen and oxygen atoms in total. The van der Waals surface area contributed by atoms with E-state index in [0.29, 0.717) is 32.9 Å².